The molecule has 1 heterocycles. The Morgan fingerprint density at radius 2 is 2.12 bits per heavy atom. The Kier molecular flexibility index (Phi) is 5.15. The van der Waals surface area contributed by atoms with Crippen molar-refractivity contribution in [1.29, 1.82) is 0 Å². The smallest absolute Gasteiger partial charge is 0.0547 e. The number of aryl methyl sites for hydroxylation is 1. The van der Waals surface area contributed by atoms with E-state index in [-0.39, 0.29) is 18.1 Å². The molecule has 0 saturated heterocycles. The Hall–Kier alpha value is -0.870. The van der Waals surface area contributed by atoms with Gasteiger partial charge in [0.25, 0.3) is 0 Å². The average molecular weight is 239 g/mol. The SMILES string of the molecule is CCC(CC)(CO)CNC(C)c1ccnn1C. The van der Waals surface area contributed by atoms with Gasteiger partial charge < -0.3 is 10.4 Å². The molecule has 0 aliphatic rings. The van der Waals surface area contributed by atoms with Crippen molar-refractivity contribution in [2.24, 2.45) is 12.5 Å². The Labute approximate surface area is 104 Å². The van der Waals surface area contributed by atoms with Crippen LogP contribution in [0.5, 0.6) is 0 Å². The fourth-order valence-electron chi connectivity index (χ4n) is 2.06. The Morgan fingerprint density at radius 1 is 1.47 bits per heavy atom. The first kappa shape index (κ1) is 14.2. The van der Waals surface area contributed by atoms with E-state index >= 15 is 0 Å². The van der Waals surface area contributed by atoms with E-state index in [4.69, 9.17) is 0 Å². The third-order valence-corrected chi connectivity index (χ3v) is 3.92. The Balaban J connectivity index is 2.58. The van der Waals surface area contributed by atoms with Gasteiger partial charge in [-0.3, -0.25) is 4.68 Å². The number of aliphatic hydroxyl groups is 1. The minimum absolute atomic E-state index is 0.00680. The molecular weight excluding hydrogens is 214 g/mol. The molecule has 0 radical (unpaired) electrons. The lowest BCUT2D eigenvalue weighted by Gasteiger charge is -2.31. The molecule has 1 atom stereocenters. The van der Waals surface area contributed by atoms with Crippen molar-refractivity contribution in [3.8, 4) is 0 Å². The van der Waals surface area contributed by atoms with Crippen LogP contribution in [-0.2, 0) is 7.05 Å². The summed E-state index contributed by atoms with van der Waals surface area (Å²) in [6, 6.07) is 2.28. The standard InChI is InChI=1S/C13H25N3O/c1-5-13(6-2,10-17)9-14-11(3)12-7-8-15-16(12)4/h7-8,11,14,17H,5-6,9-10H2,1-4H3. The van der Waals surface area contributed by atoms with E-state index in [0.717, 1.165) is 19.4 Å². The molecular formula is C13H25N3O. The van der Waals surface area contributed by atoms with Crippen LogP contribution >= 0.6 is 0 Å². The van der Waals surface area contributed by atoms with Gasteiger partial charge in [0.05, 0.1) is 5.69 Å². The molecule has 1 aromatic heterocycles. The summed E-state index contributed by atoms with van der Waals surface area (Å²) in [5.41, 5.74) is 1.18. The molecule has 1 aromatic rings. The van der Waals surface area contributed by atoms with Gasteiger partial charge in [-0.15, -0.1) is 0 Å². The van der Waals surface area contributed by atoms with Crippen LogP contribution in [-0.4, -0.2) is 28.0 Å². The van der Waals surface area contributed by atoms with Gasteiger partial charge in [-0.1, -0.05) is 13.8 Å². The molecule has 1 unspecified atom stereocenters. The molecule has 0 amide bonds. The highest BCUT2D eigenvalue weighted by Crippen LogP contribution is 2.25. The first-order valence-corrected chi connectivity index (χ1v) is 6.40. The first-order valence-electron chi connectivity index (χ1n) is 6.40. The van der Waals surface area contributed by atoms with E-state index in [9.17, 15) is 5.11 Å². The molecule has 0 spiro atoms. The van der Waals surface area contributed by atoms with Gasteiger partial charge in [-0.25, -0.2) is 0 Å². The molecule has 4 heteroatoms. The molecule has 0 saturated carbocycles. The predicted molar refractivity (Wildman–Crippen MR) is 69.7 cm³/mol. The summed E-state index contributed by atoms with van der Waals surface area (Å²) < 4.78 is 1.89. The van der Waals surface area contributed by atoms with Gasteiger partial charge in [-0.05, 0) is 25.8 Å². The van der Waals surface area contributed by atoms with Crippen LogP contribution in [0.4, 0.5) is 0 Å². The molecule has 2 N–H and O–H groups in total. The molecule has 0 bridgehead atoms. The average Bonchev–Trinajstić information content (AvgIpc) is 2.78. The number of aliphatic hydroxyl groups excluding tert-OH is 1. The summed E-state index contributed by atoms with van der Waals surface area (Å²) >= 11 is 0. The lowest BCUT2D eigenvalue weighted by molar-refractivity contribution is 0.110. The van der Waals surface area contributed by atoms with Crippen LogP contribution in [0.3, 0.4) is 0 Å². The normalized spacial score (nSPS) is 13.9. The fraction of sp³-hybridized carbons (Fsp3) is 0.769. The first-order chi connectivity index (χ1) is 8.08. The van der Waals surface area contributed by atoms with Gasteiger partial charge in [0.15, 0.2) is 0 Å². The van der Waals surface area contributed by atoms with Gasteiger partial charge in [0.1, 0.15) is 0 Å². The van der Waals surface area contributed by atoms with Gasteiger partial charge in [0, 0.05) is 37.9 Å². The zero-order chi connectivity index (χ0) is 12.9. The molecule has 0 aromatic carbocycles. The second-order valence-corrected chi connectivity index (χ2v) is 4.85. The summed E-state index contributed by atoms with van der Waals surface area (Å²) in [6.45, 7) is 7.48. The van der Waals surface area contributed by atoms with E-state index in [1.807, 2.05) is 24.0 Å². The topological polar surface area (TPSA) is 50.1 Å². The summed E-state index contributed by atoms with van der Waals surface area (Å²) in [6.07, 6.45) is 3.79. The summed E-state index contributed by atoms with van der Waals surface area (Å²) in [4.78, 5) is 0. The van der Waals surface area contributed by atoms with E-state index in [1.165, 1.54) is 5.69 Å². The van der Waals surface area contributed by atoms with Crippen LogP contribution in [0.15, 0.2) is 12.3 Å². The van der Waals surface area contributed by atoms with E-state index in [1.54, 1.807) is 0 Å². The molecule has 0 fully saturated rings. The number of hydrogen-bond donors (Lipinski definition) is 2. The maximum atomic E-state index is 9.52. The number of nitrogens with one attached hydrogen (secondary N) is 1. The number of hydrogen-bond acceptors (Lipinski definition) is 3. The Morgan fingerprint density at radius 3 is 2.53 bits per heavy atom. The Bertz CT molecular complexity index is 323. The molecule has 4 nitrogen and oxygen atoms in total. The van der Waals surface area contributed by atoms with Crippen LogP contribution in [0, 0.1) is 5.41 Å². The van der Waals surface area contributed by atoms with Gasteiger partial charge in [-0.2, -0.15) is 5.10 Å². The fourth-order valence-corrected chi connectivity index (χ4v) is 2.06. The maximum absolute atomic E-state index is 9.52. The minimum Gasteiger partial charge on any atom is -0.396 e. The second-order valence-electron chi connectivity index (χ2n) is 4.85. The molecule has 0 aliphatic heterocycles. The zero-order valence-corrected chi connectivity index (χ0v) is 11.4. The highest BCUT2D eigenvalue weighted by Gasteiger charge is 2.25. The molecule has 17 heavy (non-hydrogen) atoms. The van der Waals surface area contributed by atoms with E-state index < -0.39 is 0 Å². The van der Waals surface area contributed by atoms with Crippen molar-refractivity contribution in [2.75, 3.05) is 13.2 Å². The number of nitrogens with zero attached hydrogens (tertiary/aromatic N) is 2. The quantitative estimate of drug-likeness (QED) is 0.763. The highest BCUT2D eigenvalue weighted by molar-refractivity contribution is 5.05. The van der Waals surface area contributed by atoms with Crippen molar-refractivity contribution in [3.63, 3.8) is 0 Å². The largest absolute Gasteiger partial charge is 0.396 e. The number of rotatable bonds is 7. The predicted octanol–water partition coefficient (Wildman–Crippen LogP) is 1.87. The summed E-state index contributed by atoms with van der Waals surface area (Å²) in [5, 5.41) is 17.2. The van der Waals surface area contributed by atoms with Crippen molar-refractivity contribution < 1.29 is 5.11 Å². The van der Waals surface area contributed by atoms with Gasteiger partial charge >= 0.3 is 0 Å². The number of aromatic nitrogens is 2. The molecule has 98 valence electrons. The van der Waals surface area contributed by atoms with Crippen molar-refractivity contribution in [3.05, 3.63) is 18.0 Å². The van der Waals surface area contributed by atoms with Crippen LogP contribution in [0.25, 0.3) is 0 Å². The zero-order valence-electron chi connectivity index (χ0n) is 11.4. The van der Waals surface area contributed by atoms with Crippen LogP contribution in [0.1, 0.15) is 45.3 Å². The lowest BCUT2D eigenvalue weighted by atomic mass is 9.83. The van der Waals surface area contributed by atoms with Crippen molar-refractivity contribution in [1.82, 2.24) is 15.1 Å². The van der Waals surface area contributed by atoms with E-state index in [0.29, 0.717) is 0 Å². The molecule has 0 aliphatic carbocycles. The summed E-state index contributed by atoms with van der Waals surface area (Å²) in [5.74, 6) is 0. The van der Waals surface area contributed by atoms with Crippen LogP contribution < -0.4 is 5.32 Å². The summed E-state index contributed by atoms with van der Waals surface area (Å²) in [7, 11) is 1.95. The van der Waals surface area contributed by atoms with Crippen molar-refractivity contribution in [2.45, 2.75) is 39.7 Å². The lowest BCUT2D eigenvalue weighted by Crippen LogP contribution is -2.38. The van der Waals surface area contributed by atoms with Crippen molar-refractivity contribution >= 4 is 0 Å². The third kappa shape index (κ3) is 3.30. The molecule has 1 rings (SSSR count). The van der Waals surface area contributed by atoms with Gasteiger partial charge in [0.2, 0.25) is 0 Å². The monoisotopic (exact) mass is 239 g/mol. The third-order valence-electron chi connectivity index (χ3n) is 3.92. The highest BCUT2D eigenvalue weighted by atomic mass is 16.3. The van der Waals surface area contributed by atoms with E-state index in [2.05, 4.69) is 31.2 Å². The van der Waals surface area contributed by atoms with Crippen LogP contribution in [0.2, 0.25) is 0 Å². The second kappa shape index (κ2) is 6.17. The maximum Gasteiger partial charge on any atom is 0.0547 e. The minimum atomic E-state index is 0.00680.